The van der Waals surface area contributed by atoms with Gasteiger partial charge in [0, 0.05) is 61.8 Å². The molecular weight excluding hydrogens is 494 g/mol. The smallest absolute Gasteiger partial charge is 0.106 e. The summed E-state index contributed by atoms with van der Waals surface area (Å²) in [4.78, 5) is 12.5. The van der Waals surface area contributed by atoms with Gasteiger partial charge in [0.05, 0.1) is 18.2 Å². The zero-order chi connectivity index (χ0) is 30.3. The quantitative estimate of drug-likeness (QED) is 0.219. The number of hydrogen-bond donors (Lipinski definition) is 6. The first-order chi connectivity index (χ1) is 18.3. The number of nitrogens with two attached hydrogens (primary N) is 3. The standard InChI is InChI=1S/C12H25N3O.C8H13N3.C6H13NO.C2H6.CH2O/c1-8(16)11(12(2,3)4)15(14)7-10(13)9-5-6-9;9-7-5-11(6-7)8-1-3-10-4-2-8;1-5-3-6(8)4-7(5)2;2*1-2/h7-9,11,16H,5-6,13-14H2,1-4H3;1-3,7,10H,4-6,9H2;5-6,8H,3-4H2,1-2H3;1-2H3;1H2/b10-7-;;;;. The SMILES string of the molecule is C=O.CC.CC(O)C(N(N)/C=C(\N)C1CC1)C(C)(C)C.CC1CC(O)CN1C.NC1CN(C2=CCNC=C2)C1. The van der Waals surface area contributed by atoms with E-state index in [9.17, 15) is 5.11 Å². The Hall–Kier alpha value is -2.11. The van der Waals surface area contributed by atoms with Crippen LogP contribution in [-0.4, -0.2) is 95.4 Å². The molecule has 0 spiro atoms. The van der Waals surface area contributed by atoms with Gasteiger partial charge in [0.1, 0.15) is 6.79 Å². The number of carbonyl (C=O) groups is 1. The highest BCUT2D eigenvalue weighted by molar-refractivity contribution is 5.23. The molecule has 0 radical (unpaired) electrons. The van der Waals surface area contributed by atoms with E-state index in [1.807, 2.05) is 33.9 Å². The number of allylic oxidation sites excluding steroid dienone is 2. The molecule has 4 atom stereocenters. The lowest BCUT2D eigenvalue weighted by Crippen LogP contribution is -2.54. The minimum Gasteiger partial charge on any atom is -0.401 e. The van der Waals surface area contributed by atoms with Gasteiger partial charge in [-0.1, -0.05) is 34.6 Å². The summed E-state index contributed by atoms with van der Waals surface area (Å²) in [6.45, 7) is 19.9. The topological polar surface area (TPSA) is 157 Å². The molecule has 3 heterocycles. The number of rotatable bonds is 5. The van der Waals surface area contributed by atoms with Crippen LogP contribution in [0.2, 0.25) is 0 Å². The summed E-state index contributed by atoms with van der Waals surface area (Å²) in [5.74, 6) is 6.49. The highest BCUT2D eigenvalue weighted by atomic mass is 16.3. The van der Waals surface area contributed by atoms with Crippen molar-refractivity contribution in [1.29, 1.82) is 0 Å². The molecule has 39 heavy (non-hydrogen) atoms. The Labute approximate surface area is 237 Å². The second-order valence-electron chi connectivity index (χ2n) is 11.6. The summed E-state index contributed by atoms with van der Waals surface area (Å²) in [6.07, 6.45) is 10.7. The molecule has 1 aliphatic carbocycles. The second kappa shape index (κ2) is 18.3. The summed E-state index contributed by atoms with van der Waals surface area (Å²) in [7, 11) is 2.04. The van der Waals surface area contributed by atoms with E-state index >= 15 is 0 Å². The molecule has 0 amide bonds. The molecule has 4 aliphatic rings. The monoisotopic (exact) mass is 553 g/mol. The number of carbonyl (C=O) groups excluding carboxylic acids is 1. The van der Waals surface area contributed by atoms with E-state index in [0.29, 0.717) is 18.0 Å². The Balaban J connectivity index is 0.000000546. The normalized spacial score (nSPS) is 24.4. The maximum atomic E-state index is 9.79. The number of aliphatic hydroxyl groups is 2. The molecule has 4 unspecified atom stereocenters. The van der Waals surface area contributed by atoms with E-state index in [2.05, 4.69) is 55.0 Å². The molecule has 3 aliphatic heterocycles. The molecule has 10 nitrogen and oxygen atoms in total. The maximum absolute atomic E-state index is 9.79. The zero-order valence-electron chi connectivity index (χ0n) is 25.8. The van der Waals surface area contributed by atoms with Gasteiger partial charge in [0.15, 0.2) is 0 Å². The average molecular weight is 554 g/mol. The number of nitrogens with zero attached hydrogens (tertiary/aromatic N) is 3. The lowest BCUT2D eigenvalue weighted by molar-refractivity contribution is -0.0980. The van der Waals surface area contributed by atoms with Crippen LogP contribution in [0.15, 0.2) is 35.9 Å². The predicted octanol–water partition coefficient (Wildman–Crippen LogP) is 1.71. The van der Waals surface area contributed by atoms with Crippen LogP contribution in [0.25, 0.3) is 0 Å². The molecule has 0 bridgehead atoms. The Morgan fingerprint density at radius 1 is 1.23 bits per heavy atom. The Bertz CT molecular complexity index is 746. The van der Waals surface area contributed by atoms with E-state index in [1.54, 1.807) is 18.1 Å². The Kier molecular flexibility index (Phi) is 17.3. The van der Waals surface area contributed by atoms with Crippen LogP contribution in [0.1, 0.15) is 67.7 Å². The second-order valence-corrected chi connectivity index (χ2v) is 11.6. The molecule has 3 fully saturated rings. The van der Waals surface area contributed by atoms with Crippen LogP contribution < -0.4 is 22.6 Å². The first-order valence-corrected chi connectivity index (χ1v) is 14.3. The molecule has 0 aromatic heterocycles. The summed E-state index contributed by atoms with van der Waals surface area (Å²) < 4.78 is 0. The number of β-amino-alcohol motifs (C(OH)–C–C–N with tert-alkyl or cyclic N) is 1. The Morgan fingerprint density at radius 3 is 2.10 bits per heavy atom. The van der Waals surface area contributed by atoms with Crippen molar-refractivity contribution in [3.63, 3.8) is 0 Å². The minimum atomic E-state index is -0.492. The third-order valence-corrected chi connectivity index (χ3v) is 6.95. The van der Waals surface area contributed by atoms with Gasteiger partial charge in [-0.2, -0.15) is 0 Å². The number of likely N-dealkylation sites (N-methyl/N-ethyl adjacent to an activating group) is 1. The summed E-state index contributed by atoms with van der Waals surface area (Å²) in [6, 6.07) is 0.828. The minimum absolute atomic E-state index is 0.0741. The van der Waals surface area contributed by atoms with Crippen molar-refractivity contribution in [2.45, 2.75) is 98.1 Å². The summed E-state index contributed by atoms with van der Waals surface area (Å²) in [5, 5.41) is 23.5. The fraction of sp³-hybridized carbons (Fsp3) is 0.759. The molecular formula is C29H59N7O3. The summed E-state index contributed by atoms with van der Waals surface area (Å²) in [5.41, 5.74) is 13.6. The fourth-order valence-corrected chi connectivity index (χ4v) is 4.76. The number of aliphatic hydroxyl groups excluding tert-OH is 2. The number of dihydropyridines is 1. The maximum Gasteiger partial charge on any atom is 0.106 e. The van der Waals surface area contributed by atoms with Gasteiger partial charge in [-0.3, -0.25) is 0 Å². The van der Waals surface area contributed by atoms with E-state index < -0.39 is 6.10 Å². The number of hydrazine groups is 1. The van der Waals surface area contributed by atoms with Crippen molar-refractivity contribution in [2.75, 3.05) is 33.2 Å². The molecule has 2 saturated heterocycles. The fourth-order valence-electron chi connectivity index (χ4n) is 4.76. The first-order valence-electron chi connectivity index (χ1n) is 14.3. The van der Waals surface area contributed by atoms with Crippen LogP contribution >= 0.6 is 0 Å². The van der Waals surface area contributed by atoms with Crippen molar-refractivity contribution in [3.8, 4) is 0 Å². The van der Waals surface area contributed by atoms with E-state index in [4.69, 9.17) is 27.2 Å². The lowest BCUT2D eigenvalue weighted by atomic mass is 9.83. The number of likely N-dealkylation sites (tertiary alicyclic amines) is 2. The highest BCUT2D eigenvalue weighted by Crippen LogP contribution is 2.34. The summed E-state index contributed by atoms with van der Waals surface area (Å²) >= 11 is 0. The molecule has 9 N–H and O–H groups in total. The molecule has 0 aromatic rings. The van der Waals surface area contributed by atoms with E-state index in [-0.39, 0.29) is 17.6 Å². The first kappa shape index (κ1) is 36.9. The predicted molar refractivity (Wildman–Crippen MR) is 162 cm³/mol. The average Bonchev–Trinajstić information content (AvgIpc) is 3.66. The van der Waals surface area contributed by atoms with Crippen molar-refractivity contribution in [1.82, 2.24) is 20.1 Å². The van der Waals surface area contributed by atoms with Crippen LogP contribution in [0, 0.1) is 11.3 Å². The van der Waals surface area contributed by atoms with Crippen LogP contribution in [-0.2, 0) is 4.79 Å². The van der Waals surface area contributed by atoms with Gasteiger partial charge in [-0.05, 0) is 63.9 Å². The van der Waals surface area contributed by atoms with Crippen molar-refractivity contribution >= 4 is 6.79 Å². The Morgan fingerprint density at radius 2 is 1.79 bits per heavy atom. The third-order valence-electron chi connectivity index (χ3n) is 6.95. The molecule has 228 valence electrons. The molecule has 10 heteroatoms. The molecule has 0 aromatic carbocycles. The van der Waals surface area contributed by atoms with Gasteiger partial charge in [-0.25, -0.2) is 5.84 Å². The third kappa shape index (κ3) is 13.7. The van der Waals surface area contributed by atoms with Crippen LogP contribution in [0.4, 0.5) is 0 Å². The van der Waals surface area contributed by atoms with E-state index in [0.717, 1.165) is 51.1 Å². The van der Waals surface area contributed by atoms with Crippen LogP contribution in [0.5, 0.6) is 0 Å². The molecule has 1 saturated carbocycles. The van der Waals surface area contributed by atoms with Gasteiger partial charge in [0.25, 0.3) is 0 Å². The van der Waals surface area contributed by atoms with Gasteiger partial charge in [-0.15, -0.1) is 0 Å². The van der Waals surface area contributed by atoms with E-state index in [1.165, 1.54) is 5.70 Å². The number of hydrogen-bond acceptors (Lipinski definition) is 10. The largest absolute Gasteiger partial charge is 0.401 e. The number of nitrogens with one attached hydrogen (secondary N) is 1. The van der Waals surface area contributed by atoms with Gasteiger partial charge >= 0.3 is 0 Å². The van der Waals surface area contributed by atoms with Gasteiger partial charge < -0.3 is 46.6 Å². The van der Waals surface area contributed by atoms with Crippen molar-refractivity contribution in [3.05, 3.63) is 35.9 Å². The van der Waals surface area contributed by atoms with Crippen molar-refractivity contribution in [2.24, 2.45) is 28.6 Å². The lowest BCUT2D eigenvalue weighted by Gasteiger charge is -2.40. The zero-order valence-corrected chi connectivity index (χ0v) is 25.8. The molecule has 4 rings (SSSR count). The highest BCUT2D eigenvalue weighted by Gasteiger charge is 2.33. The van der Waals surface area contributed by atoms with Gasteiger partial charge in [0.2, 0.25) is 0 Å². The van der Waals surface area contributed by atoms with Crippen molar-refractivity contribution < 1.29 is 15.0 Å². The van der Waals surface area contributed by atoms with Crippen LogP contribution in [0.3, 0.4) is 0 Å².